The number of anilines is 1. The number of thioether (sulfide) groups is 1. The predicted octanol–water partition coefficient (Wildman–Crippen LogP) is 5.89. The van der Waals surface area contributed by atoms with Crippen LogP contribution in [0.4, 0.5) is 18.9 Å². The van der Waals surface area contributed by atoms with Crippen molar-refractivity contribution >= 4 is 23.4 Å². The van der Waals surface area contributed by atoms with Crippen LogP contribution in [-0.4, -0.2) is 26.8 Å². The van der Waals surface area contributed by atoms with Crippen molar-refractivity contribution in [2.45, 2.75) is 44.2 Å². The number of nitrogens with zero attached hydrogens (tertiary/aromatic N) is 4. The Morgan fingerprint density at radius 1 is 1.12 bits per heavy atom. The number of halogens is 3. The third kappa shape index (κ3) is 4.80. The van der Waals surface area contributed by atoms with Crippen LogP contribution in [0.15, 0.2) is 53.7 Å². The summed E-state index contributed by atoms with van der Waals surface area (Å²) in [5.74, 6) is 0.644. The molecule has 4 rings (SSSR count). The molecule has 1 aliphatic heterocycles. The molecule has 1 amide bonds. The zero-order valence-corrected chi connectivity index (χ0v) is 18.8. The zero-order valence-electron chi connectivity index (χ0n) is 18.0. The van der Waals surface area contributed by atoms with Crippen molar-refractivity contribution in [3.63, 3.8) is 0 Å². The number of aromatic nitrogens is 3. The van der Waals surface area contributed by atoms with Crippen molar-refractivity contribution in [3.05, 3.63) is 59.7 Å². The summed E-state index contributed by atoms with van der Waals surface area (Å²) < 4.78 is 45.4. The number of ether oxygens (including phenoxy) is 1. The average Bonchev–Trinajstić information content (AvgIpc) is 2.93. The number of fused-ring (bicyclic) bond motifs is 3. The Morgan fingerprint density at radius 2 is 1.85 bits per heavy atom. The van der Waals surface area contributed by atoms with Gasteiger partial charge < -0.3 is 4.74 Å². The first-order valence-electron chi connectivity index (χ1n) is 10.4. The van der Waals surface area contributed by atoms with E-state index in [1.165, 1.54) is 35.7 Å². The van der Waals surface area contributed by atoms with Gasteiger partial charge in [-0.3, -0.25) is 9.69 Å². The van der Waals surface area contributed by atoms with Crippen LogP contribution in [0, 0.1) is 0 Å². The van der Waals surface area contributed by atoms with E-state index < -0.39 is 18.0 Å². The number of benzene rings is 2. The first kappa shape index (κ1) is 23.0. The molecule has 0 aliphatic carbocycles. The van der Waals surface area contributed by atoms with Crippen molar-refractivity contribution in [1.82, 2.24) is 15.2 Å². The maximum absolute atomic E-state index is 13.1. The Morgan fingerprint density at radius 3 is 2.52 bits per heavy atom. The van der Waals surface area contributed by atoms with Crippen LogP contribution < -0.4 is 9.64 Å². The molecule has 10 heteroatoms. The molecule has 0 saturated carbocycles. The van der Waals surface area contributed by atoms with Crippen LogP contribution in [0.1, 0.15) is 44.0 Å². The van der Waals surface area contributed by atoms with Gasteiger partial charge in [0, 0.05) is 23.8 Å². The molecule has 172 valence electrons. The molecule has 1 atom stereocenters. The standard InChI is InChI=1S/C23H21F3N4O2S/c1-3-4-13-33-22-27-20-19(28-29-22)17-7-5-6-8-18(17)30(14(2)31)21(32-20)15-9-11-16(12-10-15)23(24,25)26/h5-12,21H,3-4,13H2,1-2H3/t21-/m0/s1. The van der Waals surface area contributed by atoms with E-state index in [-0.39, 0.29) is 11.8 Å². The molecule has 0 spiro atoms. The van der Waals surface area contributed by atoms with E-state index in [4.69, 9.17) is 4.74 Å². The molecule has 0 radical (unpaired) electrons. The van der Waals surface area contributed by atoms with E-state index in [1.54, 1.807) is 24.3 Å². The van der Waals surface area contributed by atoms with Gasteiger partial charge in [-0.25, -0.2) is 0 Å². The van der Waals surface area contributed by atoms with Gasteiger partial charge in [-0.05, 0) is 24.6 Å². The lowest BCUT2D eigenvalue weighted by Crippen LogP contribution is -2.36. The highest BCUT2D eigenvalue weighted by atomic mass is 32.2. The molecule has 1 aliphatic rings. The normalized spacial score (nSPS) is 15.3. The van der Waals surface area contributed by atoms with Crippen LogP contribution >= 0.6 is 11.8 Å². The van der Waals surface area contributed by atoms with E-state index in [9.17, 15) is 18.0 Å². The Labute approximate surface area is 193 Å². The van der Waals surface area contributed by atoms with Gasteiger partial charge in [0.05, 0.1) is 11.3 Å². The molecular weight excluding hydrogens is 453 g/mol. The number of rotatable bonds is 5. The number of alkyl halides is 3. The van der Waals surface area contributed by atoms with Gasteiger partial charge in [-0.2, -0.15) is 18.2 Å². The van der Waals surface area contributed by atoms with Crippen LogP contribution in [-0.2, 0) is 11.0 Å². The number of amides is 1. The minimum Gasteiger partial charge on any atom is -0.447 e. The number of para-hydroxylation sites is 1. The van der Waals surface area contributed by atoms with Gasteiger partial charge in [-0.1, -0.05) is 55.4 Å². The fourth-order valence-corrected chi connectivity index (χ4v) is 4.34. The second-order valence-corrected chi connectivity index (χ2v) is 8.51. The number of unbranched alkanes of at least 4 members (excludes halogenated alkanes) is 1. The summed E-state index contributed by atoms with van der Waals surface area (Å²) in [6, 6.07) is 11.6. The summed E-state index contributed by atoms with van der Waals surface area (Å²) in [5.41, 5.74) is 1.07. The van der Waals surface area contributed by atoms with E-state index in [1.807, 2.05) is 0 Å². The summed E-state index contributed by atoms with van der Waals surface area (Å²) in [6.45, 7) is 3.46. The van der Waals surface area contributed by atoms with E-state index >= 15 is 0 Å². The maximum atomic E-state index is 13.1. The largest absolute Gasteiger partial charge is 0.447 e. The molecule has 0 saturated heterocycles. The lowest BCUT2D eigenvalue weighted by molar-refractivity contribution is -0.137. The highest BCUT2D eigenvalue weighted by molar-refractivity contribution is 7.99. The number of hydrogen-bond acceptors (Lipinski definition) is 6. The lowest BCUT2D eigenvalue weighted by atomic mass is 10.1. The quantitative estimate of drug-likeness (QED) is 0.339. The Hall–Kier alpha value is -3.14. The third-order valence-electron chi connectivity index (χ3n) is 5.10. The first-order valence-corrected chi connectivity index (χ1v) is 11.4. The molecule has 33 heavy (non-hydrogen) atoms. The average molecular weight is 475 g/mol. The van der Waals surface area contributed by atoms with Gasteiger partial charge in [0.2, 0.25) is 23.2 Å². The minimum atomic E-state index is -4.47. The van der Waals surface area contributed by atoms with Crippen molar-refractivity contribution in [2.75, 3.05) is 10.7 Å². The smallest absolute Gasteiger partial charge is 0.416 e. The topological polar surface area (TPSA) is 68.2 Å². The predicted molar refractivity (Wildman–Crippen MR) is 119 cm³/mol. The van der Waals surface area contributed by atoms with Crippen LogP contribution in [0.2, 0.25) is 0 Å². The van der Waals surface area contributed by atoms with E-state index in [0.717, 1.165) is 30.7 Å². The second kappa shape index (κ2) is 9.38. The highest BCUT2D eigenvalue weighted by Crippen LogP contribution is 2.43. The van der Waals surface area contributed by atoms with Gasteiger partial charge in [0.15, 0.2) is 5.69 Å². The summed E-state index contributed by atoms with van der Waals surface area (Å²) in [6.07, 6.45) is -3.48. The Kier molecular flexibility index (Phi) is 6.55. The van der Waals surface area contributed by atoms with Gasteiger partial charge in [-0.15, -0.1) is 10.2 Å². The van der Waals surface area contributed by atoms with E-state index in [2.05, 4.69) is 22.1 Å². The number of hydrogen-bond donors (Lipinski definition) is 0. The summed E-state index contributed by atoms with van der Waals surface area (Å²) in [7, 11) is 0. The molecule has 2 heterocycles. The fraction of sp³-hybridized carbons (Fsp3) is 0.304. The second-order valence-electron chi connectivity index (χ2n) is 7.45. The summed E-state index contributed by atoms with van der Waals surface area (Å²) in [4.78, 5) is 18.6. The third-order valence-corrected chi connectivity index (χ3v) is 6.03. The fourth-order valence-electron chi connectivity index (χ4n) is 3.48. The molecule has 1 aromatic heterocycles. The van der Waals surface area contributed by atoms with Gasteiger partial charge in [0.25, 0.3) is 0 Å². The molecule has 6 nitrogen and oxygen atoms in total. The molecule has 0 bridgehead atoms. The molecular formula is C23H21F3N4O2S. The SMILES string of the molecule is CCCCSc1nnc2c(n1)O[C@@H](c1ccc(C(F)(F)F)cc1)N(C(C)=O)c1ccccc1-2. The lowest BCUT2D eigenvalue weighted by Gasteiger charge is -2.30. The first-order chi connectivity index (χ1) is 15.8. The van der Waals surface area contributed by atoms with Gasteiger partial charge >= 0.3 is 6.18 Å². The van der Waals surface area contributed by atoms with Crippen LogP contribution in [0.5, 0.6) is 5.88 Å². The van der Waals surface area contributed by atoms with Crippen molar-refractivity contribution in [1.29, 1.82) is 0 Å². The highest BCUT2D eigenvalue weighted by Gasteiger charge is 2.35. The van der Waals surface area contributed by atoms with Crippen molar-refractivity contribution < 1.29 is 22.7 Å². The molecule has 2 aromatic carbocycles. The molecule has 0 fully saturated rings. The van der Waals surface area contributed by atoms with Crippen LogP contribution in [0.3, 0.4) is 0 Å². The Balaban J connectivity index is 1.82. The maximum Gasteiger partial charge on any atom is 0.416 e. The Bertz CT molecular complexity index is 1160. The number of carbonyl (C=O) groups excluding carboxylic acids is 1. The molecule has 0 unspecified atom stereocenters. The monoisotopic (exact) mass is 474 g/mol. The van der Waals surface area contributed by atoms with Crippen LogP contribution in [0.25, 0.3) is 11.3 Å². The minimum absolute atomic E-state index is 0.171. The summed E-state index contributed by atoms with van der Waals surface area (Å²) >= 11 is 1.44. The van der Waals surface area contributed by atoms with Gasteiger partial charge in [0.1, 0.15) is 0 Å². The van der Waals surface area contributed by atoms with Crippen molar-refractivity contribution in [3.8, 4) is 17.1 Å². The van der Waals surface area contributed by atoms with E-state index in [0.29, 0.717) is 27.7 Å². The number of carbonyl (C=O) groups is 1. The molecule has 3 aromatic rings. The molecule has 0 N–H and O–H groups in total. The van der Waals surface area contributed by atoms with Crippen molar-refractivity contribution in [2.24, 2.45) is 0 Å². The summed E-state index contributed by atoms with van der Waals surface area (Å²) in [5, 5.41) is 8.96. The zero-order chi connectivity index (χ0) is 23.6.